The van der Waals surface area contributed by atoms with Crippen LogP contribution in [0.4, 0.5) is 0 Å². The van der Waals surface area contributed by atoms with Crippen molar-refractivity contribution >= 4 is 29.5 Å². The van der Waals surface area contributed by atoms with Gasteiger partial charge in [-0.25, -0.2) is 5.06 Å². The molecule has 0 bridgehead atoms. The van der Waals surface area contributed by atoms with Gasteiger partial charge in [0.1, 0.15) is 18.1 Å². The lowest BCUT2D eigenvalue weighted by atomic mass is 9.98. The molecule has 0 aliphatic heterocycles. The van der Waals surface area contributed by atoms with E-state index in [1.165, 1.54) is 14.2 Å². The van der Waals surface area contributed by atoms with Gasteiger partial charge in [0.2, 0.25) is 11.8 Å². The van der Waals surface area contributed by atoms with Crippen molar-refractivity contribution in [3.8, 4) is 0 Å². The van der Waals surface area contributed by atoms with E-state index in [-0.39, 0.29) is 23.7 Å². The molecule has 0 aromatic heterocycles. The van der Waals surface area contributed by atoms with E-state index in [0.717, 1.165) is 37.5 Å². The predicted octanol–water partition coefficient (Wildman–Crippen LogP) is 3.76. The number of rotatable bonds is 22. The number of nitrogens with zero attached hydrogens (tertiary/aromatic N) is 2. The largest absolute Gasteiger partial charge is 0.351 e. The first-order chi connectivity index (χ1) is 22.6. The van der Waals surface area contributed by atoms with Gasteiger partial charge in [-0.1, -0.05) is 55.4 Å². The quantitative estimate of drug-likeness (QED) is 0.137. The zero-order chi connectivity index (χ0) is 36.4. The number of benzene rings is 1. The molecule has 1 rings (SSSR count). The van der Waals surface area contributed by atoms with Gasteiger partial charge in [0, 0.05) is 31.3 Å². The Morgan fingerprint density at radius 1 is 0.646 bits per heavy atom. The van der Waals surface area contributed by atoms with E-state index in [9.17, 15) is 24.0 Å². The molecule has 5 amide bonds. The molecule has 1 aromatic rings. The molecule has 0 spiro atoms. The molecule has 272 valence electrons. The molecule has 0 heterocycles. The number of carbonyl (C=O) groups is 5. The monoisotopic (exact) mass is 674 g/mol. The van der Waals surface area contributed by atoms with Crippen LogP contribution in [0, 0.1) is 17.8 Å². The van der Waals surface area contributed by atoms with Gasteiger partial charge < -0.3 is 26.2 Å². The van der Waals surface area contributed by atoms with Crippen molar-refractivity contribution in [3.63, 3.8) is 0 Å². The average molecular weight is 675 g/mol. The number of likely N-dealkylation sites (N-methyl/N-ethyl adjacent to an activating group) is 1. The van der Waals surface area contributed by atoms with Crippen molar-refractivity contribution in [2.24, 2.45) is 17.8 Å². The summed E-state index contributed by atoms with van der Waals surface area (Å²) in [4.78, 5) is 73.4. The van der Waals surface area contributed by atoms with Crippen molar-refractivity contribution in [1.29, 1.82) is 0 Å². The Kier molecular flexibility index (Phi) is 19.6. The summed E-state index contributed by atoms with van der Waals surface area (Å²) < 4.78 is 0. The van der Waals surface area contributed by atoms with E-state index in [1.54, 1.807) is 24.3 Å². The van der Waals surface area contributed by atoms with Gasteiger partial charge in [0.05, 0.1) is 7.11 Å². The molecule has 0 fully saturated rings. The smallest absolute Gasteiger partial charge is 0.268 e. The van der Waals surface area contributed by atoms with Crippen molar-refractivity contribution < 1.29 is 28.8 Å². The standard InChI is InChI=1S/C36H62N6O6/c1-11-18-42(19-12-2)20-17-37-32(43)27-13-15-28(16-14-27)33(44)38-29(21-24(3)4)34(45)39-30(22-25(5)6)35(46)40-31(23-26(7)8)36(47)41(9)48-10/h13-16,24-26,29-31H,11-12,17-23H2,1-10H3,(H,37,43)(H,38,44)(H,39,45)(H,40,46)/t29-,30-,31-/m0/s1. The summed E-state index contributed by atoms with van der Waals surface area (Å²) in [5, 5.41) is 12.5. The van der Waals surface area contributed by atoms with Crippen LogP contribution in [0.25, 0.3) is 0 Å². The van der Waals surface area contributed by atoms with Crippen molar-refractivity contribution in [1.82, 2.24) is 31.2 Å². The van der Waals surface area contributed by atoms with Gasteiger partial charge >= 0.3 is 0 Å². The lowest BCUT2D eigenvalue weighted by molar-refractivity contribution is -0.172. The SMILES string of the molecule is CCCN(CCC)CCNC(=O)c1ccc(C(=O)N[C@@H](CC(C)C)C(=O)N[C@@H](CC(C)C)C(=O)N[C@@H](CC(C)C)C(=O)N(C)OC)cc1. The molecule has 1 aromatic carbocycles. The zero-order valence-corrected chi connectivity index (χ0v) is 31.0. The van der Waals surface area contributed by atoms with Crippen LogP contribution in [-0.2, 0) is 19.2 Å². The summed E-state index contributed by atoms with van der Waals surface area (Å²) in [5.74, 6) is -1.81. The van der Waals surface area contributed by atoms with Gasteiger partial charge in [-0.05, 0) is 87.2 Å². The molecule has 0 unspecified atom stereocenters. The van der Waals surface area contributed by atoms with E-state index in [2.05, 4.69) is 40.0 Å². The molecule has 48 heavy (non-hydrogen) atoms. The van der Waals surface area contributed by atoms with Crippen LogP contribution < -0.4 is 21.3 Å². The van der Waals surface area contributed by atoms with Crippen LogP contribution in [0.5, 0.6) is 0 Å². The second kappa shape index (κ2) is 22.2. The van der Waals surface area contributed by atoms with Crippen LogP contribution in [0.1, 0.15) is 108 Å². The Bertz CT molecular complexity index is 1150. The van der Waals surface area contributed by atoms with Crippen molar-refractivity contribution in [3.05, 3.63) is 35.4 Å². The minimum Gasteiger partial charge on any atom is -0.351 e. The third-order valence-electron chi connectivity index (χ3n) is 7.78. The first kappa shape index (κ1) is 42.5. The molecular formula is C36H62N6O6. The lowest BCUT2D eigenvalue weighted by Crippen LogP contribution is -2.57. The maximum Gasteiger partial charge on any atom is 0.268 e. The van der Waals surface area contributed by atoms with Crippen LogP contribution in [0.3, 0.4) is 0 Å². The molecule has 0 saturated carbocycles. The van der Waals surface area contributed by atoms with Crippen LogP contribution in [0.2, 0.25) is 0 Å². The number of amides is 5. The normalized spacial score (nSPS) is 13.3. The van der Waals surface area contributed by atoms with E-state index in [1.807, 2.05) is 41.5 Å². The van der Waals surface area contributed by atoms with Crippen molar-refractivity contribution in [2.45, 2.75) is 106 Å². The Morgan fingerprint density at radius 2 is 1.06 bits per heavy atom. The number of carbonyl (C=O) groups excluding carboxylic acids is 5. The summed E-state index contributed by atoms with van der Waals surface area (Å²) in [6.45, 7) is 19.2. The first-order valence-electron chi connectivity index (χ1n) is 17.5. The number of nitrogens with one attached hydrogen (secondary N) is 4. The van der Waals surface area contributed by atoms with Crippen LogP contribution in [0.15, 0.2) is 24.3 Å². The molecule has 0 aliphatic rings. The Balaban J connectivity index is 3.01. The fraction of sp³-hybridized carbons (Fsp3) is 0.694. The molecular weight excluding hydrogens is 612 g/mol. The third kappa shape index (κ3) is 15.6. The second-order valence-corrected chi connectivity index (χ2v) is 13.7. The number of hydrogen-bond acceptors (Lipinski definition) is 7. The molecule has 4 N–H and O–H groups in total. The highest BCUT2D eigenvalue weighted by Crippen LogP contribution is 2.13. The maximum atomic E-state index is 13.6. The fourth-order valence-electron chi connectivity index (χ4n) is 5.36. The molecule has 0 aliphatic carbocycles. The highest BCUT2D eigenvalue weighted by Gasteiger charge is 2.32. The van der Waals surface area contributed by atoms with E-state index in [0.29, 0.717) is 36.9 Å². The predicted molar refractivity (Wildman–Crippen MR) is 189 cm³/mol. The van der Waals surface area contributed by atoms with Gasteiger partial charge in [0.15, 0.2) is 0 Å². The fourth-order valence-corrected chi connectivity index (χ4v) is 5.36. The third-order valence-corrected chi connectivity index (χ3v) is 7.78. The maximum absolute atomic E-state index is 13.6. The Hall–Kier alpha value is -3.51. The van der Waals surface area contributed by atoms with Gasteiger partial charge in [-0.3, -0.25) is 28.8 Å². The average Bonchev–Trinajstić information content (AvgIpc) is 3.02. The Morgan fingerprint density at radius 3 is 1.50 bits per heavy atom. The van der Waals surface area contributed by atoms with Crippen LogP contribution >= 0.6 is 0 Å². The van der Waals surface area contributed by atoms with Crippen LogP contribution in [-0.4, -0.2) is 98.0 Å². The van der Waals surface area contributed by atoms with Gasteiger partial charge in [0.25, 0.3) is 17.7 Å². The van der Waals surface area contributed by atoms with E-state index >= 15 is 0 Å². The summed E-state index contributed by atoms with van der Waals surface area (Å²) in [7, 11) is 2.85. The molecule has 12 heteroatoms. The molecule has 3 atom stereocenters. The summed E-state index contributed by atoms with van der Waals surface area (Å²) in [6, 6.07) is 3.65. The molecule has 0 saturated heterocycles. The lowest BCUT2D eigenvalue weighted by Gasteiger charge is -2.28. The Labute approximate surface area is 288 Å². The summed E-state index contributed by atoms with van der Waals surface area (Å²) >= 11 is 0. The second-order valence-electron chi connectivity index (χ2n) is 13.7. The van der Waals surface area contributed by atoms with Crippen molar-refractivity contribution in [2.75, 3.05) is 40.3 Å². The highest BCUT2D eigenvalue weighted by atomic mass is 16.7. The first-order valence-corrected chi connectivity index (χ1v) is 17.5. The molecule has 12 nitrogen and oxygen atoms in total. The van der Waals surface area contributed by atoms with Gasteiger partial charge in [-0.15, -0.1) is 0 Å². The topological polar surface area (TPSA) is 149 Å². The number of hydrogen-bond donors (Lipinski definition) is 4. The number of hydroxylamine groups is 2. The summed E-state index contributed by atoms with van der Waals surface area (Å²) in [6.07, 6.45) is 3.18. The van der Waals surface area contributed by atoms with E-state index in [4.69, 9.17) is 4.84 Å². The minimum atomic E-state index is -0.923. The van der Waals surface area contributed by atoms with E-state index < -0.39 is 41.8 Å². The molecule has 0 radical (unpaired) electrons. The highest BCUT2D eigenvalue weighted by molar-refractivity contribution is 6.00. The minimum absolute atomic E-state index is 0.0578. The van der Waals surface area contributed by atoms with Gasteiger partial charge in [-0.2, -0.15) is 0 Å². The summed E-state index contributed by atoms with van der Waals surface area (Å²) in [5.41, 5.74) is 0.744. The zero-order valence-electron chi connectivity index (χ0n) is 31.0.